The summed E-state index contributed by atoms with van der Waals surface area (Å²) in [7, 11) is 0. The minimum atomic E-state index is -0.415. The summed E-state index contributed by atoms with van der Waals surface area (Å²) in [4.78, 5) is 0. The average Bonchev–Trinajstić information content (AvgIpc) is 2.85. The highest BCUT2D eigenvalue weighted by molar-refractivity contribution is 7.07. The Morgan fingerprint density at radius 1 is 1.28 bits per heavy atom. The lowest BCUT2D eigenvalue weighted by molar-refractivity contribution is 0.175. The SMILES string of the molecule is Cc1ccc(CNCC(O)c2ccsc2)c(C)c1. The maximum absolute atomic E-state index is 9.95. The molecule has 0 saturated carbocycles. The quantitative estimate of drug-likeness (QED) is 0.866. The fourth-order valence-corrected chi connectivity index (χ4v) is 2.68. The predicted molar refractivity (Wildman–Crippen MR) is 76.9 cm³/mol. The van der Waals surface area contributed by atoms with Gasteiger partial charge in [0.15, 0.2) is 0 Å². The third kappa shape index (κ3) is 3.42. The van der Waals surface area contributed by atoms with Crippen molar-refractivity contribution < 1.29 is 5.11 Å². The van der Waals surface area contributed by atoms with E-state index in [1.165, 1.54) is 16.7 Å². The van der Waals surface area contributed by atoms with Crippen LogP contribution in [0.2, 0.25) is 0 Å². The van der Waals surface area contributed by atoms with Crippen LogP contribution in [0.5, 0.6) is 0 Å². The van der Waals surface area contributed by atoms with Crippen LogP contribution < -0.4 is 5.32 Å². The van der Waals surface area contributed by atoms with Gasteiger partial charge in [0.05, 0.1) is 6.10 Å². The van der Waals surface area contributed by atoms with Crippen LogP contribution in [0.1, 0.15) is 28.4 Å². The largest absolute Gasteiger partial charge is 0.387 e. The standard InChI is InChI=1S/C15H19NOS/c1-11-3-4-13(12(2)7-11)8-16-9-15(17)14-5-6-18-10-14/h3-7,10,15-17H,8-9H2,1-2H3. The van der Waals surface area contributed by atoms with Crippen LogP contribution in [-0.4, -0.2) is 11.7 Å². The van der Waals surface area contributed by atoms with Crippen molar-refractivity contribution in [2.45, 2.75) is 26.5 Å². The van der Waals surface area contributed by atoms with Crippen LogP contribution in [0.25, 0.3) is 0 Å². The van der Waals surface area contributed by atoms with Crippen molar-refractivity contribution in [3.8, 4) is 0 Å². The highest BCUT2D eigenvalue weighted by atomic mass is 32.1. The zero-order valence-electron chi connectivity index (χ0n) is 10.8. The fraction of sp³-hybridized carbons (Fsp3) is 0.333. The van der Waals surface area contributed by atoms with Crippen LogP contribution >= 0.6 is 11.3 Å². The molecule has 2 aromatic rings. The van der Waals surface area contributed by atoms with E-state index < -0.39 is 6.10 Å². The normalized spacial score (nSPS) is 12.6. The molecular weight excluding hydrogens is 242 g/mol. The number of nitrogens with one attached hydrogen (secondary N) is 1. The Kier molecular flexibility index (Phi) is 4.53. The number of aliphatic hydroxyl groups excluding tert-OH is 1. The van der Waals surface area contributed by atoms with Crippen LogP contribution in [0.3, 0.4) is 0 Å². The van der Waals surface area contributed by atoms with Gasteiger partial charge in [-0.3, -0.25) is 0 Å². The van der Waals surface area contributed by atoms with Gasteiger partial charge in [-0.25, -0.2) is 0 Å². The van der Waals surface area contributed by atoms with Crippen molar-refractivity contribution in [2.24, 2.45) is 0 Å². The predicted octanol–water partition coefficient (Wildman–Crippen LogP) is 3.19. The Bertz CT molecular complexity index is 493. The third-order valence-corrected chi connectivity index (χ3v) is 3.78. The molecule has 1 aromatic heterocycles. The van der Waals surface area contributed by atoms with Crippen LogP contribution in [0.15, 0.2) is 35.0 Å². The van der Waals surface area contributed by atoms with Crippen molar-refractivity contribution >= 4 is 11.3 Å². The Morgan fingerprint density at radius 3 is 2.78 bits per heavy atom. The van der Waals surface area contributed by atoms with Crippen molar-refractivity contribution in [3.63, 3.8) is 0 Å². The molecule has 96 valence electrons. The molecule has 1 atom stereocenters. The average molecular weight is 261 g/mol. The second-order valence-corrected chi connectivity index (χ2v) is 5.41. The molecule has 1 heterocycles. The molecule has 0 aliphatic rings. The van der Waals surface area contributed by atoms with Crippen molar-refractivity contribution in [3.05, 3.63) is 57.3 Å². The monoisotopic (exact) mass is 261 g/mol. The molecule has 2 nitrogen and oxygen atoms in total. The molecule has 2 rings (SSSR count). The van der Waals surface area contributed by atoms with Gasteiger partial charge in [0.25, 0.3) is 0 Å². The van der Waals surface area contributed by atoms with Crippen LogP contribution in [0.4, 0.5) is 0 Å². The van der Waals surface area contributed by atoms with Crippen molar-refractivity contribution in [1.29, 1.82) is 0 Å². The molecule has 18 heavy (non-hydrogen) atoms. The van der Waals surface area contributed by atoms with E-state index >= 15 is 0 Å². The minimum Gasteiger partial charge on any atom is -0.387 e. The van der Waals surface area contributed by atoms with Gasteiger partial charge in [-0.15, -0.1) is 0 Å². The zero-order chi connectivity index (χ0) is 13.0. The molecule has 0 bridgehead atoms. The maximum Gasteiger partial charge on any atom is 0.0922 e. The number of thiophene rings is 1. The topological polar surface area (TPSA) is 32.3 Å². The molecule has 0 amide bonds. The summed E-state index contributed by atoms with van der Waals surface area (Å²) < 4.78 is 0. The van der Waals surface area contributed by atoms with E-state index in [0.29, 0.717) is 6.54 Å². The maximum atomic E-state index is 9.95. The molecule has 0 aliphatic carbocycles. The minimum absolute atomic E-state index is 0.415. The van der Waals surface area contributed by atoms with Gasteiger partial charge in [-0.2, -0.15) is 11.3 Å². The fourth-order valence-electron chi connectivity index (χ4n) is 1.97. The molecule has 0 spiro atoms. The van der Waals surface area contributed by atoms with Gasteiger partial charge >= 0.3 is 0 Å². The highest BCUT2D eigenvalue weighted by Crippen LogP contribution is 2.15. The summed E-state index contributed by atoms with van der Waals surface area (Å²) in [6.45, 7) is 5.61. The molecule has 0 saturated heterocycles. The van der Waals surface area contributed by atoms with E-state index in [4.69, 9.17) is 0 Å². The molecule has 1 aromatic carbocycles. The van der Waals surface area contributed by atoms with Gasteiger partial charge in [-0.1, -0.05) is 23.8 Å². The first-order valence-corrected chi connectivity index (χ1v) is 7.08. The second kappa shape index (κ2) is 6.14. The van der Waals surface area contributed by atoms with E-state index in [1.54, 1.807) is 11.3 Å². The zero-order valence-corrected chi connectivity index (χ0v) is 11.6. The lowest BCUT2D eigenvalue weighted by Crippen LogP contribution is -2.21. The molecule has 0 radical (unpaired) electrons. The smallest absolute Gasteiger partial charge is 0.0922 e. The summed E-state index contributed by atoms with van der Waals surface area (Å²) in [6, 6.07) is 8.43. The van der Waals surface area contributed by atoms with Gasteiger partial charge in [0, 0.05) is 13.1 Å². The summed E-state index contributed by atoms with van der Waals surface area (Å²) in [5.74, 6) is 0. The molecular formula is C15H19NOS. The lowest BCUT2D eigenvalue weighted by Gasteiger charge is -2.12. The van der Waals surface area contributed by atoms with E-state index in [2.05, 4.69) is 37.4 Å². The number of hydrogen-bond donors (Lipinski definition) is 2. The van der Waals surface area contributed by atoms with Gasteiger partial charge in [-0.05, 0) is 47.4 Å². The summed E-state index contributed by atoms with van der Waals surface area (Å²) >= 11 is 1.61. The Hall–Kier alpha value is -1.16. The Labute approximate surface area is 112 Å². The Morgan fingerprint density at radius 2 is 2.11 bits per heavy atom. The number of aryl methyl sites for hydroxylation is 2. The summed E-state index contributed by atoms with van der Waals surface area (Å²) in [6.07, 6.45) is -0.415. The van der Waals surface area contributed by atoms with E-state index in [0.717, 1.165) is 12.1 Å². The second-order valence-electron chi connectivity index (χ2n) is 4.63. The van der Waals surface area contributed by atoms with Gasteiger partial charge in [0.1, 0.15) is 0 Å². The number of benzene rings is 1. The van der Waals surface area contributed by atoms with Gasteiger partial charge in [0.2, 0.25) is 0 Å². The molecule has 2 N–H and O–H groups in total. The van der Waals surface area contributed by atoms with Crippen molar-refractivity contribution in [1.82, 2.24) is 5.32 Å². The van der Waals surface area contributed by atoms with E-state index in [-0.39, 0.29) is 0 Å². The molecule has 1 unspecified atom stereocenters. The van der Waals surface area contributed by atoms with Crippen LogP contribution in [-0.2, 0) is 6.54 Å². The Balaban J connectivity index is 1.85. The molecule has 0 aliphatic heterocycles. The van der Waals surface area contributed by atoms with Crippen LogP contribution in [0, 0.1) is 13.8 Å². The summed E-state index contributed by atoms with van der Waals surface area (Å²) in [5.41, 5.74) is 4.87. The first-order chi connectivity index (χ1) is 8.66. The highest BCUT2D eigenvalue weighted by Gasteiger charge is 2.07. The number of rotatable bonds is 5. The summed E-state index contributed by atoms with van der Waals surface area (Å²) in [5, 5.41) is 17.2. The number of hydrogen-bond acceptors (Lipinski definition) is 3. The van der Waals surface area contributed by atoms with Crippen molar-refractivity contribution in [2.75, 3.05) is 6.54 Å². The molecule has 3 heteroatoms. The van der Waals surface area contributed by atoms with E-state index in [1.807, 2.05) is 16.8 Å². The van der Waals surface area contributed by atoms with Gasteiger partial charge < -0.3 is 10.4 Å². The van der Waals surface area contributed by atoms with E-state index in [9.17, 15) is 5.11 Å². The first kappa shape index (κ1) is 13.3. The molecule has 0 fully saturated rings. The number of aliphatic hydroxyl groups is 1. The third-order valence-electron chi connectivity index (χ3n) is 3.08. The lowest BCUT2D eigenvalue weighted by atomic mass is 10.1. The first-order valence-electron chi connectivity index (χ1n) is 6.14.